The number of benzene rings is 1. The Labute approximate surface area is 156 Å². The lowest BCUT2D eigenvalue weighted by molar-refractivity contribution is -0.150. The third kappa shape index (κ3) is 5.90. The normalized spacial score (nSPS) is 16.7. The molecule has 0 bridgehead atoms. The van der Waals surface area contributed by atoms with Crippen molar-refractivity contribution in [3.8, 4) is 0 Å². The second-order valence-electron chi connectivity index (χ2n) is 7.66. The third-order valence-electron chi connectivity index (χ3n) is 4.45. The molecule has 142 valence electrons. The summed E-state index contributed by atoms with van der Waals surface area (Å²) >= 11 is 0. The van der Waals surface area contributed by atoms with Gasteiger partial charge in [0.2, 0.25) is 0 Å². The zero-order chi connectivity index (χ0) is 19.2. The van der Waals surface area contributed by atoms with Crippen molar-refractivity contribution in [2.75, 3.05) is 13.1 Å². The summed E-state index contributed by atoms with van der Waals surface area (Å²) < 4.78 is 10.9. The van der Waals surface area contributed by atoms with Crippen LogP contribution in [0.3, 0.4) is 0 Å². The summed E-state index contributed by atoms with van der Waals surface area (Å²) in [7, 11) is 0. The van der Waals surface area contributed by atoms with Gasteiger partial charge in [0, 0.05) is 13.1 Å². The van der Waals surface area contributed by atoms with Crippen molar-refractivity contribution in [3.05, 3.63) is 48.6 Å². The van der Waals surface area contributed by atoms with Gasteiger partial charge in [-0.05, 0) is 45.1 Å². The highest BCUT2D eigenvalue weighted by Crippen LogP contribution is 2.28. The Kier molecular flexibility index (Phi) is 6.83. The molecule has 1 unspecified atom stereocenters. The summed E-state index contributed by atoms with van der Waals surface area (Å²) in [5.74, 6) is -0.464. The fourth-order valence-corrected chi connectivity index (χ4v) is 3.07. The molecule has 0 radical (unpaired) electrons. The summed E-state index contributed by atoms with van der Waals surface area (Å²) in [6, 6.07) is 9.61. The van der Waals surface area contributed by atoms with Crippen molar-refractivity contribution in [2.45, 2.75) is 45.8 Å². The molecule has 26 heavy (non-hydrogen) atoms. The first kappa shape index (κ1) is 20.0. The van der Waals surface area contributed by atoms with E-state index in [1.807, 2.05) is 51.1 Å². The lowest BCUT2D eigenvalue weighted by Gasteiger charge is -2.35. The number of esters is 1. The number of carbonyl (C=O) groups excluding carboxylic acids is 2. The van der Waals surface area contributed by atoms with Crippen molar-refractivity contribution in [3.63, 3.8) is 0 Å². The van der Waals surface area contributed by atoms with E-state index in [1.165, 1.54) is 0 Å². The Hall–Kier alpha value is -2.30. The molecule has 2 rings (SSSR count). The minimum atomic E-state index is -0.501. The number of amides is 1. The van der Waals surface area contributed by atoms with Crippen LogP contribution >= 0.6 is 0 Å². The first-order valence-electron chi connectivity index (χ1n) is 9.11. The molecular formula is C21H29NO4. The standard InChI is InChI=1S/C21H29NO4/c1-5-18(19(23)25-15-16-9-7-6-8-10-16)17-11-13-22(14-12-17)20(24)26-21(2,3)4/h5-10,17-18H,1,11-15H2,2-4H3. The monoisotopic (exact) mass is 359 g/mol. The topological polar surface area (TPSA) is 55.8 Å². The van der Waals surface area contributed by atoms with E-state index in [2.05, 4.69) is 6.58 Å². The zero-order valence-electron chi connectivity index (χ0n) is 15.9. The van der Waals surface area contributed by atoms with Gasteiger partial charge in [-0.3, -0.25) is 4.79 Å². The Morgan fingerprint density at radius 3 is 2.38 bits per heavy atom. The molecule has 0 spiro atoms. The number of ether oxygens (including phenoxy) is 2. The quantitative estimate of drug-likeness (QED) is 0.585. The molecule has 5 heteroatoms. The van der Waals surface area contributed by atoms with Gasteiger partial charge in [-0.15, -0.1) is 6.58 Å². The van der Waals surface area contributed by atoms with Crippen LogP contribution in [0, 0.1) is 11.8 Å². The summed E-state index contributed by atoms with van der Waals surface area (Å²) in [5, 5.41) is 0. The minimum Gasteiger partial charge on any atom is -0.460 e. The van der Waals surface area contributed by atoms with Gasteiger partial charge in [0.05, 0.1) is 5.92 Å². The molecule has 5 nitrogen and oxygen atoms in total. The zero-order valence-corrected chi connectivity index (χ0v) is 15.9. The molecule has 1 fully saturated rings. The molecule has 0 aromatic heterocycles. The van der Waals surface area contributed by atoms with Crippen molar-refractivity contribution < 1.29 is 19.1 Å². The largest absolute Gasteiger partial charge is 0.460 e. The highest BCUT2D eigenvalue weighted by molar-refractivity contribution is 5.75. The Balaban J connectivity index is 1.84. The summed E-state index contributed by atoms with van der Waals surface area (Å²) in [5.41, 5.74) is 0.460. The minimum absolute atomic E-state index is 0.134. The van der Waals surface area contributed by atoms with E-state index in [9.17, 15) is 9.59 Å². The first-order valence-corrected chi connectivity index (χ1v) is 9.11. The van der Waals surface area contributed by atoms with Crippen LogP contribution in [0.15, 0.2) is 43.0 Å². The smallest absolute Gasteiger partial charge is 0.410 e. The van der Waals surface area contributed by atoms with E-state index in [4.69, 9.17) is 9.47 Å². The highest BCUT2D eigenvalue weighted by atomic mass is 16.6. The van der Waals surface area contributed by atoms with Crippen molar-refractivity contribution >= 4 is 12.1 Å². The van der Waals surface area contributed by atoms with E-state index in [1.54, 1.807) is 11.0 Å². The Morgan fingerprint density at radius 1 is 1.23 bits per heavy atom. The second kappa shape index (κ2) is 8.88. The maximum atomic E-state index is 12.5. The van der Waals surface area contributed by atoms with Gasteiger partial charge in [0.25, 0.3) is 0 Å². The fourth-order valence-electron chi connectivity index (χ4n) is 3.07. The lowest BCUT2D eigenvalue weighted by Crippen LogP contribution is -2.43. The van der Waals surface area contributed by atoms with E-state index in [0.29, 0.717) is 13.1 Å². The van der Waals surface area contributed by atoms with Gasteiger partial charge in [-0.25, -0.2) is 4.79 Å². The molecule has 0 N–H and O–H groups in total. The van der Waals surface area contributed by atoms with Gasteiger partial charge in [-0.2, -0.15) is 0 Å². The van der Waals surface area contributed by atoms with Crippen LogP contribution in [-0.4, -0.2) is 35.7 Å². The van der Waals surface area contributed by atoms with Gasteiger partial charge in [0.15, 0.2) is 0 Å². The van der Waals surface area contributed by atoms with Gasteiger partial charge >= 0.3 is 12.1 Å². The molecule has 0 aliphatic carbocycles. The highest BCUT2D eigenvalue weighted by Gasteiger charge is 2.33. The molecule has 1 aliphatic heterocycles. The second-order valence-corrected chi connectivity index (χ2v) is 7.66. The number of hydrogen-bond acceptors (Lipinski definition) is 4. The SMILES string of the molecule is C=CC(C(=O)OCc1ccccc1)C1CCN(C(=O)OC(C)(C)C)CC1. The molecule has 1 amide bonds. The van der Waals surface area contributed by atoms with Crippen LogP contribution in [0.2, 0.25) is 0 Å². The number of rotatable bonds is 5. The van der Waals surface area contributed by atoms with Crippen LogP contribution in [-0.2, 0) is 20.9 Å². The fraction of sp³-hybridized carbons (Fsp3) is 0.524. The molecular weight excluding hydrogens is 330 g/mol. The lowest BCUT2D eigenvalue weighted by atomic mass is 9.84. The molecule has 1 saturated heterocycles. The van der Waals surface area contributed by atoms with Crippen molar-refractivity contribution in [1.29, 1.82) is 0 Å². The van der Waals surface area contributed by atoms with Crippen LogP contribution in [0.1, 0.15) is 39.2 Å². The average molecular weight is 359 g/mol. The maximum absolute atomic E-state index is 12.5. The van der Waals surface area contributed by atoms with Gasteiger partial charge in [-0.1, -0.05) is 36.4 Å². The van der Waals surface area contributed by atoms with E-state index in [-0.39, 0.29) is 30.5 Å². The predicted octanol–water partition coefficient (Wildman–Crippen LogP) is 4.18. The summed E-state index contributed by atoms with van der Waals surface area (Å²) in [6.07, 6.45) is 2.84. The van der Waals surface area contributed by atoms with Crippen LogP contribution in [0.4, 0.5) is 4.79 Å². The van der Waals surface area contributed by atoms with Crippen molar-refractivity contribution in [2.24, 2.45) is 11.8 Å². The van der Waals surface area contributed by atoms with E-state index in [0.717, 1.165) is 18.4 Å². The third-order valence-corrected chi connectivity index (χ3v) is 4.45. The van der Waals surface area contributed by atoms with Crippen LogP contribution in [0.5, 0.6) is 0 Å². The first-order chi connectivity index (χ1) is 12.3. The molecule has 1 atom stereocenters. The number of carbonyl (C=O) groups is 2. The number of likely N-dealkylation sites (tertiary alicyclic amines) is 1. The molecule has 1 aromatic carbocycles. The Morgan fingerprint density at radius 2 is 1.85 bits per heavy atom. The summed E-state index contributed by atoms with van der Waals surface area (Å²) in [6.45, 7) is 10.8. The molecule has 0 saturated carbocycles. The van der Waals surface area contributed by atoms with Crippen LogP contribution < -0.4 is 0 Å². The Bertz CT molecular complexity index is 613. The average Bonchev–Trinajstić information content (AvgIpc) is 2.60. The number of hydrogen-bond donors (Lipinski definition) is 0. The molecule has 1 aliphatic rings. The number of nitrogens with zero attached hydrogens (tertiary/aromatic N) is 1. The summed E-state index contributed by atoms with van der Waals surface area (Å²) in [4.78, 5) is 26.3. The van der Waals surface area contributed by atoms with E-state index < -0.39 is 5.60 Å². The van der Waals surface area contributed by atoms with Gasteiger partial charge < -0.3 is 14.4 Å². The van der Waals surface area contributed by atoms with Gasteiger partial charge in [0.1, 0.15) is 12.2 Å². The van der Waals surface area contributed by atoms with Crippen LogP contribution in [0.25, 0.3) is 0 Å². The molecule has 1 heterocycles. The number of piperidine rings is 1. The molecule has 1 aromatic rings. The van der Waals surface area contributed by atoms with E-state index >= 15 is 0 Å². The predicted molar refractivity (Wildman–Crippen MR) is 100 cm³/mol. The van der Waals surface area contributed by atoms with Crippen molar-refractivity contribution in [1.82, 2.24) is 4.90 Å². The maximum Gasteiger partial charge on any atom is 0.410 e.